The minimum absolute atomic E-state index is 0.0431. The van der Waals surface area contributed by atoms with E-state index in [9.17, 15) is 24.3 Å². The number of phenolic OH excluding ortho intramolecular Hbond substituents is 1. The van der Waals surface area contributed by atoms with E-state index in [1.54, 1.807) is 51.5 Å². The molecule has 3 aromatic rings. The number of rotatable bonds is 6. The van der Waals surface area contributed by atoms with Gasteiger partial charge in [0, 0.05) is 28.2 Å². The number of amides is 2. The summed E-state index contributed by atoms with van der Waals surface area (Å²) in [4.78, 5) is 56.2. The summed E-state index contributed by atoms with van der Waals surface area (Å²) in [5, 5.41) is 10.3. The average Bonchev–Trinajstić information content (AvgIpc) is 3.34. The van der Waals surface area contributed by atoms with Gasteiger partial charge in [-0.3, -0.25) is 24.1 Å². The molecule has 4 unspecified atom stereocenters. The molecule has 236 valence electrons. The van der Waals surface area contributed by atoms with Gasteiger partial charge in [-0.15, -0.1) is 0 Å². The van der Waals surface area contributed by atoms with Crippen molar-refractivity contribution in [2.75, 3.05) is 19.1 Å². The van der Waals surface area contributed by atoms with E-state index >= 15 is 0 Å². The van der Waals surface area contributed by atoms with Crippen molar-refractivity contribution in [2.24, 2.45) is 17.8 Å². The van der Waals surface area contributed by atoms with Crippen LogP contribution in [0.25, 0.3) is 12.2 Å². The molecule has 0 aromatic heterocycles. The van der Waals surface area contributed by atoms with Crippen LogP contribution in [0.2, 0.25) is 0 Å². The van der Waals surface area contributed by atoms with Crippen LogP contribution in [0, 0.1) is 17.8 Å². The van der Waals surface area contributed by atoms with Gasteiger partial charge in [0.1, 0.15) is 17.2 Å². The van der Waals surface area contributed by atoms with Crippen molar-refractivity contribution in [1.29, 1.82) is 0 Å². The highest BCUT2D eigenvalue weighted by Crippen LogP contribution is 2.55. The number of ketones is 2. The lowest BCUT2D eigenvalue weighted by molar-refractivity contribution is -0.123. The molecule has 2 amide bonds. The number of nitrogens with zero attached hydrogens (tertiary/aromatic N) is 1. The number of methoxy groups -OCH3 is 2. The summed E-state index contributed by atoms with van der Waals surface area (Å²) in [6.07, 6.45) is 7.73. The molecule has 8 heteroatoms. The second-order valence-corrected chi connectivity index (χ2v) is 12.4. The number of allylic oxidation sites excluding steroid dienone is 6. The number of fused-ring (bicyclic) bond motifs is 3. The zero-order chi connectivity index (χ0) is 33.0. The van der Waals surface area contributed by atoms with Gasteiger partial charge in [0.25, 0.3) is 0 Å². The molecule has 0 bridgehead atoms. The molecule has 3 aliphatic carbocycles. The predicted octanol–water partition coefficient (Wildman–Crippen LogP) is 6.21. The second kappa shape index (κ2) is 11.7. The van der Waals surface area contributed by atoms with Crippen molar-refractivity contribution in [3.05, 3.63) is 118 Å². The molecule has 3 aromatic carbocycles. The number of aromatic hydroxyl groups is 1. The number of carbonyl (C=O) groups excluding carboxylic acids is 4. The van der Waals surface area contributed by atoms with Crippen molar-refractivity contribution in [3.8, 4) is 17.2 Å². The lowest BCUT2D eigenvalue weighted by atomic mass is 9.59. The van der Waals surface area contributed by atoms with Crippen molar-refractivity contribution < 1.29 is 33.8 Å². The monoisotopic (exact) mass is 627 g/mol. The summed E-state index contributed by atoms with van der Waals surface area (Å²) < 4.78 is 10.8. The third-order valence-corrected chi connectivity index (χ3v) is 9.81. The van der Waals surface area contributed by atoms with E-state index < -0.39 is 23.7 Å². The second-order valence-electron chi connectivity index (χ2n) is 12.4. The number of benzene rings is 3. The van der Waals surface area contributed by atoms with Crippen LogP contribution in [0.1, 0.15) is 42.4 Å². The molecule has 0 spiro atoms. The highest BCUT2D eigenvalue weighted by molar-refractivity contribution is 6.25. The molecular weight excluding hydrogens is 594 g/mol. The van der Waals surface area contributed by atoms with Crippen LogP contribution in [0.4, 0.5) is 5.69 Å². The van der Waals surface area contributed by atoms with Gasteiger partial charge in [-0.05, 0) is 85.4 Å². The van der Waals surface area contributed by atoms with Crippen LogP contribution in [-0.2, 0) is 19.2 Å². The maximum absolute atomic E-state index is 14.2. The summed E-state index contributed by atoms with van der Waals surface area (Å²) in [6, 6.07) is 19.4. The number of imide groups is 1. The molecule has 47 heavy (non-hydrogen) atoms. The lowest BCUT2D eigenvalue weighted by Gasteiger charge is -2.42. The number of hydrogen-bond donors (Lipinski definition) is 1. The lowest BCUT2D eigenvalue weighted by Crippen LogP contribution is -2.39. The van der Waals surface area contributed by atoms with Crippen molar-refractivity contribution in [3.63, 3.8) is 0 Å². The Morgan fingerprint density at radius 2 is 1.66 bits per heavy atom. The molecule has 1 fully saturated rings. The van der Waals surface area contributed by atoms with Crippen LogP contribution in [0.15, 0.2) is 101 Å². The van der Waals surface area contributed by atoms with E-state index in [2.05, 4.69) is 0 Å². The summed E-state index contributed by atoms with van der Waals surface area (Å²) in [5.74, 6) is -1.86. The Bertz CT molecular complexity index is 1980. The molecule has 1 aliphatic heterocycles. The van der Waals surface area contributed by atoms with Gasteiger partial charge in [0.05, 0.1) is 31.7 Å². The maximum Gasteiger partial charge on any atom is 0.238 e. The smallest absolute Gasteiger partial charge is 0.238 e. The van der Waals surface area contributed by atoms with Crippen LogP contribution in [0.5, 0.6) is 17.2 Å². The van der Waals surface area contributed by atoms with Gasteiger partial charge in [-0.2, -0.15) is 0 Å². The van der Waals surface area contributed by atoms with Crippen LogP contribution >= 0.6 is 0 Å². The summed E-state index contributed by atoms with van der Waals surface area (Å²) in [7, 11) is 3.21. The number of phenols is 1. The highest BCUT2D eigenvalue weighted by atomic mass is 16.5. The molecule has 0 radical (unpaired) electrons. The summed E-state index contributed by atoms with van der Waals surface area (Å²) in [6.45, 7) is 1.63. The molecule has 1 heterocycles. The minimum Gasteiger partial charge on any atom is -0.508 e. The van der Waals surface area contributed by atoms with Crippen molar-refractivity contribution in [1.82, 2.24) is 0 Å². The van der Waals surface area contributed by atoms with Gasteiger partial charge in [0.15, 0.2) is 11.6 Å². The first-order valence-electron chi connectivity index (χ1n) is 15.6. The van der Waals surface area contributed by atoms with Gasteiger partial charge in [-0.25, -0.2) is 0 Å². The third-order valence-electron chi connectivity index (χ3n) is 9.81. The molecular formula is C39H33NO7. The van der Waals surface area contributed by atoms with E-state index in [4.69, 9.17) is 9.47 Å². The Balaban J connectivity index is 1.20. The molecule has 4 atom stereocenters. The third kappa shape index (κ3) is 5.01. The molecule has 0 saturated carbocycles. The molecule has 8 nitrogen and oxygen atoms in total. The van der Waals surface area contributed by atoms with E-state index in [0.29, 0.717) is 45.9 Å². The Morgan fingerprint density at radius 3 is 2.38 bits per heavy atom. The van der Waals surface area contributed by atoms with Gasteiger partial charge >= 0.3 is 0 Å². The van der Waals surface area contributed by atoms with Crippen LogP contribution in [0.3, 0.4) is 0 Å². The van der Waals surface area contributed by atoms with E-state index in [1.165, 1.54) is 11.0 Å². The fourth-order valence-electron chi connectivity index (χ4n) is 7.61. The SMILES string of the molecule is COc1ccc(OC)c(C=Cc2ccc(N3C(=O)C4CC=C5C(c6cccc(O)c6)C6=C(CC5C4C3=O)C(=O)C(C)=CC6=O)cc2)c1. The van der Waals surface area contributed by atoms with E-state index in [1.807, 2.05) is 54.6 Å². The Hall–Kier alpha value is -5.50. The number of anilines is 1. The zero-order valence-corrected chi connectivity index (χ0v) is 26.2. The maximum atomic E-state index is 14.2. The molecule has 7 rings (SSSR count). The van der Waals surface area contributed by atoms with E-state index in [0.717, 1.165) is 16.7 Å². The van der Waals surface area contributed by atoms with Gasteiger partial charge < -0.3 is 14.6 Å². The molecule has 4 aliphatic rings. The number of ether oxygens (including phenoxy) is 2. The Kier molecular flexibility index (Phi) is 7.51. The van der Waals surface area contributed by atoms with Gasteiger partial charge in [-0.1, -0.05) is 48.1 Å². The number of hydrogen-bond acceptors (Lipinski definition) is 7. The standard InChI is InChI=1S/C39H33NO7/c1-21-17-32(42)36-31(37(21)43)20-30-28(34(36)24-5-4-6-26(41)18-24)14-15-29-35(30)39(45)40(38(29)44)25-11-8-22(9-12-25)7-10-23-19-27(46-2)13-16-33(23)47-3/h4-14,16-19,29-30,34-35,41H,15,20H2,1-3H3. The molecule has 1 N–H and O–H groups in total. The number of Topliss-reactive ketones (excluding diaryl/α,β-unsaturated/α-hetero) is 1. The van der Waals surface area contributed by atoms with Gasteiger partial charge in [0.2, 0.25) is 11.8 Å². The highest BCUT2D eigenvalue weighted by Gasteiger charge is 2.56. The van der Waals surface area contributed by atoms with Crippen LogP contribution < -0.4 is 14.4 Å². The summed E-state index contributed by atoms with van der Waals surface area (Å²) in [5.41, 5.74) is 4.86. The Morgan fingerprint density at radius 1 is 0.872 bits per heavy atom. The summed E-state index contributed by atoms with van der Waals surface area (Å²) >= 11 is 0. The largest absolute Gasteiger partial charge is 0.508 e. The fourth-order valence-corrected chi connectivity index (χ4v) is 7.61. The normalized spacial score (nSPS) is 23.8. The quantitative estimate of drug-likeness (QED) is 0.150. The number of carbonyl (C=O) groups is 4. The minimum atomic E-state index is -0.675. The molecule has 1 saturated heterocycles. The van der Waals surface area contributed by atoms with Crippen LogP contribution in [-0.4, -0.2) is 42.7 Å². The zero-order valence-electron chi connectivity index (χ0n) is 26.2. The topological polar surface area (TPSA) is 110 Å². The first kappa shape index (κ1) is 30.2. The Labute approximate surface area is 272 Å². The predicted molar refractivity (Wildman–Crippen MR) is 177 cm³/mol. The van der Waals surface area contributed by atoms with Crippen molar-refractivity contribution >= 4 is 41.2 Å². The van der Waals surface area contributed by atoms with E-state index in [-0.39, 0.29) is 35.6 Å². The fraction of sp³-hybridized carbons (Fsp3) is 0.231. The van der Waals surface area contributed by atoms with Crippen molar-refractivity contribution in [2.45, 2.75) is 25.7 Å². The first-order chi connectivity index (χ1) is 22.7. The average molecular weight is 628 g/mol. The first-order valence-corrected chi connectivity index (χ1v) is 15.6.